The smallest absolute Gasteiger partial charge is 0.407 e. The average molecular weight is 298 g/mol. The molecule has 0 aliphatic carbocycles. The van der Waals surface area contributed by atoms with Crippen molar-refractivity contribution in [1.29, 1.82) is 0 Å². The van der Waals surface area contributed by atoms with Crippen LogP contribution in [0.25, 0.3) is 10.9 Å². The number of nitrogens with one attached hydrogen (secondary N) is 2. The summed E-state index contributed by atoms with van der Waals surface area (Å²) in [7, 11) is 1.10. The molecule has 0 bridgehead atoms. The number of ether oxygens (including phenoxy) is 1. The summed E-state index contributed by atoms with van der Waals surface area (Å²) >= 11 is 0. The summed E-state index contributed by atoms with van der Waals surface area (Å²) in [5.74, 6) is 0. The number of H-pyrrole nitrogens is 1. The first-order valence-electron chi connectivity index (χ1n) is 11.7. The van der Waals surface area contributed by atoms with Crippen molar-refractivity contribution < 1.29 is 24.6 Å². The van der Waals surface area contributed by atoms with E-state index in [0.717, 1.165) is 7.05 Å². The van der Waals surface area contributed by atoms with E-state index in [1.165, 1.54) is 6.20 Å². The first-order valence-corrected chi connectivity index (χ1v) is 6.25. The van der Waals surface area contributed by atoms with E-state index in [-0.39, 0.29) is 34.1 Å². The molecule has 1 aliphatic rings. The summed E-state index contributed by atoms with van der Waals surface area (Å²) in [6.45, 7) is -7.83. The predicted octanol–water partition coefficient (Wildman–Crippen LogP) is 1.92. The van der Waals surface area contributed by atoms with Crippen LogP contribution in [0.1, 0.15) is 26.2 Å². The lowest BCUT2D eigenvalue weighted by Crippen LogP contribution is -2.28. The summed E-state index contributed by atoms with van der Waals surface area (Å²) in [5, 5.41) is 2.09. The van der Waals surface area contributed by atoms with Crippen molar-refractivity contribution in [3.8, 4) is 0 Å². The van der Waals surface area contributed by atoms with Crippen LogP contribution in [0.4, 0.5) is 4.79 Å². The summed E-state index contributed by atoms with van der Waals surface area (Å²) < 4.78 is 92.1. The van der Waals surface area contributed by atoms with E-state index in [9.17, 15) is 4.79 Å². The van der Waals surface area contributed by atoms with Gasteiger partial charge in [0.2, 0.25) is 0 Å². The van der Waals surface area contributed by atoms with Gasteiger partial charge in [0.1, 0.15) is 6.56 Å². The average Bonchev–Trinajstić information content (AvgIpc) is 3.12. The fraction of sp³-hybridized carbons (Fsp3) is 0.438. The Morgan fingerprint density at radius 2 is 2.62 bits per heavy atom. The van der Waals surface area contributed by atoms with Gasteiger partial charge in [0.05, 0.1) is 14.2 Å². The minimum Gasteiger partial charge on any atom is -0.447 e. The van der Waals surface area contributed by atoms with E-state index >= 15 is 0 Å². The molecule has 0 unspecified atom stereocenters. The highest BCUT2D eigenvalue weighted by Gasteiger charge is 2.22. The number of hydrogen-bond acceptors (Lipinski definition) is 3. The second-order valence-corrected chi connectivity index (χ2v) is 4.58. The van der Waals surface area contributed by atoms with Crippen LogP contribution in [0, 0.1) is 0 Å². The maximum Gasteiger partial charge on any atom is 0.407 e. The molecule has 2 N–H and O–H groups in total. The second kappa shape index (κ2) is 5.77. The van der Waals surface area contributed by atoms with Crippen molar-refractivity contribution in [1.82, 2.24) is 15.2 Å². The van der Waals surface area contributed by atoms with Crippen molar-refractivity contribution >= 4 is 17.0 Å². The monoisotopic (exact) mass is 298 g/mol. The third kappa shape index (κ3) is 3.19. The number of fused-ring (bicyclic) bond motifs is 1. The molecule has 0 saturated carbocycles. The molecular formula is C16H21N3O2. The zero-order valence-electron chi connectivity index (χ0n) is 22.3. The summed E-state index contributed by atoms with van der Waals surface area (Å²) in [5.41, 5.74) is 0.0206. The van der Waals surface area contributed by atoms with Crippen molar-refractivity contribution in [2.45, 2.75) is 18.9 Å². The standard InChI is InChI=1S/C16H21N3O2/c1-19(2)6-5-12-9-17-15-4-3-11(8-14(12)15)7-13-10-21-16(20)18-13/h3-4,8-9,13,17H,5-7,10H2,1-2H3,(H,18,20)/t13-/m0/s1/i1D3,3D,4D,6D2,8D,10D2,13D. The van der Waals surface area contributed by atoms with Gasteiger partial charge >= 0.3 is 6.09 Å². The highest BCUT2D eigenvalue weighted by atomic mass is 16.6. The molecule has 1 atom stereocenters. The van der Waals surface area contributed by atoms with Gasteiger partial charge in [0.25, 0.3) is 0 Å². The third-order valence-corrected chi connectivity index (χ3v) is 2.96. The number of alkyl carbamates (subject to hydrolysis) is 1. The quantitative estimate of drug-likeness (QED) is 0.887. The van der Waals surface area contributed by atoms with E-state index < -0.39 is 51.0 Å². The zero-order chi connectivity index (χ0) is 24.4. The Hall–Kier alpha value is -2.01. The van der Waals surface area contributed by atoms with Crippen LogP contribution < -0.4 is 5.32 Å². The van der Waals surface area contributed by atoms with Crippen molar-refractivity contribution in [2.75, 3.05) is 27.1 Å². The van der Waals surface area contributed by atoms with Gasteiger partial charge in [-0.25, -0.2) is 4.79 Å². The summed E-state index contributed by atoms with van der Waals surface area (Å²) in [4.78, 5) is 14.8. The molecule has 1 saturated heterocycles. The number of aryl methyl sites for hydroxylation is 1. The van der Waals surface area contributed by atoms with Crippen molar-refractivity contribution in [3.63, 3.8) is 0 Å². The maximum atomic E-state index is 11.5. The molecule has 1 aromatic heterocycles. The second-order valence-electron chi connectivity index (χ2n) is 4.58. The Labute approximate surface area is 139 Å². The van der Waals surface area contributed by atoms with Gasteiger partial charge < -0.3 is 19.9 Å². The highest BCUT2D eigenvalue weighted by Crippen LogP contribution is 2.21. The Morgan fingerprint density at radius 3 is 3.38 bits per heavy atom. The molecule has 3 rings (SSSR count). The van der Waals surface area contributed by atoms with E-state index in [4.69, 9.17) is 15.1 Å². The maximum absolute atomic E-state index is 11.5. The number of aromatic amines is 1. The van der Waals surface area contributed by atoms with Gasteiger partial charge in [-0.3, -0.25) is 0 Å². The van der Waals surface area contributed by atoms with Gasteiger partial charge in [0.15, 0.2) is 0 Å². The Kier molecular flexibility index (Phi) is 1.65. The number of carbonyl (C=O) groups excluding carboxylic acids is 1. The van der Waals surface area contributed by atoms with Gasteiger partial charge in [-0.15, -0.1) is 0 Å². The van der Waals surface area contributed by atoms with E-state index in [2.05, 4.69) is 9.72 Å². The molecule has 5 nitrogen and oxygen atoms in total. The molecule has 1 aliphatic heterocycles. The summed E-state index contributed by atoms with van der Waals surface area (Å²) in [6, 6.07) is -3.53. The van der Waals surface area contributed by atoms with Crippen molar-refractivity contribution in [2.24, 2.45) is 0 Å². The molecule has 5 heteroatoms. The predicted molar refractivity (Wildman–Crippen MR) is 82.5 cm³/mol. The van der Waals surface area contributed by atoms with Crippen LogP contribution in [0.5, 0.6) is 0 Å². The van der Waals surface area contributed by atoms with Gasteiger partial charge in [-0.1, -0.05) is 6.04 Å². The fourth-order valence-electron chi connectivity index (χ4n) is 2.00. The topological polar surface area (TPSA) is 57.4 Å². The molecule has 21 heavy (non-hydrogen) atoms. The molecule has 1 aromatic carbocycles. The molecule has 0 radical (unpaired) electrons. The van der Waals surface area contributed by atoms with Crippen LogP contribution in [-0.4, -0.2) is 49.1 Å². The lowest BCUT2D eigenvalue weighted by Gasteiger charge is -2.09. The van der Waals surface area contributed by atoms with Crippen molar-refractivity contribution in [3.05, 3.63) is 35.5 Å². The SMILES string of the molecule is [2H]c1c(C[C@]2([2H])NC(=O)OC2([2H])[2H])c([2H])c2c(CC([2H])([2H])N(C)C([2H])([2H])[2H])c[nH]c2c1[2H]. The molecule has 1 amide bonds. The number of amides is 1. The number of cyclic esters (lactones) is 1. The lowest BCUT2D eigenvalue weighted by molar-refractivity contribution is 0.177. The van der Waals surface area contributed by atoms with E-state index in [1.807, 2.05) is 5.32 Å². The third-order valence-electron chi connectivity index (χ3n) is 2.96. The normalized spacial score (nSPS) is 33.0. The van der Waals surface area contributed by atoms with Gasteiger partial charge in [-0.2, -0.15) is 0 Å². The molecule has 0 spiro atoms. The number of carbonyl (C=O) groups is 1. The number of nitrogens with zero attached hydrogens (tertiary/aromatic N) is 1. The molecule has 1 fully saturated rings. The minimum absolute atomic E-state index is 0.0539. The first kappa shape index (κ1) is 6.01. The van der Waals surface area contributed by atoms with Crippen LogP contribution in [0.2, 0.25) is 0 Å². The molecule has 2 heterocycles. The van der Waals surface area contributed by atoms with Crippen LogP contribution in [0.3, 0.4) is 0 Å². The minimum atomic E-state index is -2.76. The molecule has 112 valence electrons. The van der Waals surface area contributed by atoms with Crippen LogP contribution >= 0.6 is 0 Å². The molecular weight excluding hydrogens is 266 g/mol. The lowest BCUT2D eigenvalue weighted by atomic mass is 10.0. The Morgan fingerprint density at radius 1 is 1.71 bits per heavy atom. The summed E-state index contributed by atoms with van der Waals surface area (Å²) in [6.07, 6.45) is -0.960. The number of rotatable bonds is 5. The molecule has 2 aromatic rings. The van der Waals surface area contributed by atoms with Gasteiger partial charge in [-0.05, 0) is 50.1 Å². The van der Waals surface area contributed by atoms with Crippen LogP contribution in [-0.2, 0) is 17.6 Å². The number of benzene rings is 1. The van der Waals surface area contributed by atoms with E-state index in [0.29, 0.717) is 4.90 Å². The van der Waals surface area contributed by atoms with E-state index in [1.54, 1.807) is 0 Å². The first-order chi connectivity index (χ1) is 14.4. The number of hydrogen-bond donors (Lipinski definition) is 2. The number of aromatic nitrogens is 1. The largest absolute Gasteiger partial charge is 0.447 e. The fourth-order valence-corrected chi connectivity index (χ4v) is 2.00. The van der Waals surface area contributed by atoms with Gasteiger partial charge in [0, 0.05) is 30.5 Å². The van der Waals surface area contributed by atoms with Crippen LogP contribution in [0.15, 0.2) is 24.3 Å². The Balaban J connectivity index is 2.11. The zero-order valence-corrected chi connectivity index (χ0v) is 11.3. The Bertz CT molecular complexity index is 1080. The highest BCUT2D eigenvalue weighted by molar-refractivity contribution is 5.84. The number of likely N-dealkylation sites (N-methyl/N-ethyl adjacent to an activating group) is 1.